The number of alkyl halides is 3. The van der Waals surface area contributed by atoms with Crippen LogP contribution in [0.2, 0.25) is 25.7 Å². The first-order valence-electron chi connectivity index (χ1n) is 10.9. The molecule has 12 heteroatoms. The molecule has 0 aliphatic heterocycles. The highest BCUT2D eigenvalue weighted by Gasteiger charge is 2.32. The molecule has 0 unspecified atom stereocenters. The first-order chi connectivity index (χ1) is 16.4. The number of rotatable bonds is 10. The van der Waals surface area contributed by atoms with Crippen molar-refractivity contribution in [1.29, 1.82) is 0 Å². The lowest BCUT2D eigenvalue weighted by atomic mass is 10.0. The third kappa shape index (κ3) is 8.11. The number of nitrogens with two attached hydrogens (primary N) is 1. The number of carbonyl (C=O) groups is 1. The molecule has 3 rings (SSSR count). The second-order valence-electron chi connectivity index (χ2n) is 9.08. The fourth-order valence-corrected chi connectivity index (χ4v) is 3.86. The minimum absolute atomic E-state index is 0.0123. The molecule has 2 heterocycles. The predicted octanol–water partition coefficient (Wildman–Crippen LogP) is 4.67. The number of pyridine rings is 1. The lowest BCUT2D eigenvalue weighted by molar-refractivity contribution is -0.274. The summed E-state index contributed by atoms with van der Waals surface area (Å²) in [5, 5.41) is 6.86. The minimum Gasteiger partial charge on any atom is -0.405 e. The highest BCUT2D eigenvalue weighted by Crippen LogP contribution is 2.35. The second kappa shape index (κ2) is 10.9. The standard InChI is InChI=1S/C23H28F3N5O3Si/c1-35(2,3)11-10-33-15-31-14-16(12-29-31)22(32)28-13-17-8-9-19(21(27)30-17)18-6-4-5-7-20(18)34-23(24,25)26/h4-9,12,14H,10-11,13,15H2,1-3H3,(H2,27,30)(H,28,32). The second-order valence-corrected chi connectivity index (χ2v) is 14.7. The number of hydrogen-bond donors (Lipinski definition) is 2. The van der Waals surface area contributed by atoms with E-state index < -0.39 is 14.4 Å². The van der Waals surface area contributed by atoms with Crippen LogP contribution >= 0.6 is 0 Å². The van der Waals surface area contributed by atoms with Crippen LogP contribution < -0.4 is 15.8 Å². The van der Waals surface area contributed by atoms with Crippen LogP contribution in [0.4, 0.5) is 19.0 Å². The summed E-state index contributed by atoms with van der Waals surface area (Å²) >= 11 is 0. The topological polar surface area (TPSA) is 104 Å². The van der Waals surface area contributed by atoms with Gasteiger partial charge in [0.05, 0.1) is 24.0 Å². The third-order valence-corrected chi connectivity index (χ3v) is 6.63. The van der Waals surface area contributed by atoms with E-state index in [0.29, 0.717) is 17.9 Å². The quantitative estimate of drug-likeness (QED) is 0.305. The van der Waals surface area contributed by atoms with E-state index in [2.05, 4.69) is 39.8 Å². The van der Waals surface area contributed by atoms with E-state index in [1.807, 2.05) is 0 Å². The average Bonchev–Trinajstić information content (AvgIpc) is 3.23. The molecule has 0 radical (unpaired) electrons. The largest absolute Gasteiger partial charge is 0.573 e. The van der Waals surface area contributed by atoms with Crippen molar-refractivity contribution >= 4 is 19.8 Å². The Kier molecular flexibility index (Phi) is 8.17. The van der Waals surface area contributed by atoms with Gasteiger partial charge in [0.1, 0.15) is 18.3 Å². The van der Waals surface area contributed by atoms with Gasteiger partial charge in [-0.3, -0.25) is 4.79 Å². The van der Waals surface area contributed by atoms with Gasteiger partial charge in [-0.1, -0.05) is 37.8 Å². The lowest BCUT2D eigenvalue weighted by Crippen LogP contribution is -2.23. The smallest absolute Gasteiger partial charge is 0.405 e. The first-order valence-corrected chi connectivity index (χ1v) is 14.6. The van der Waals surface area contributed by atoms with Gasteiger partial charge in [0.15, 0.2) is 0 Å². The lowest BCUT2D eigenvalue weighted by Gasteiger charge is -2.15. The van der Waals surface area contributed by atoms with E-state index in [1.165, 1.54) is 30.5 Å². The molecule has 35 heavy (non-hydrogen) atoms. The maximum Gasteiger partial charge on any atom is 0.573 e. The van der Waals surface area contributed by atoms with Crippen LogP contribution in [0.3, 0.4) is 0 Å². The Balaban J connectivity index is 1.59. The monoisotopic (exact) mass is 507 g/mol. The summed E-state index contributed by atoms with van der Waals surface area (Å²) in [4.78, 5) is 16.7. The van der Waals surface area contributed by atoms with Crippen molar-refractivity contribution in [3.8, 4) is 16.9 Å². The van der Waals surface area contributed by atoms with Crippen molar-refractivity contribution in [3.05, 3.63) is 60.0 Å². The minimum atomic E-state index is -4.84. The number of ether oxygens (including phenoxy) is 2. The zero-order valence-electron chi connectivity index (χ0n) is 19.7. The van der Waals surface area contributed by atoms with Crippen molar-refractivity contribution in [1.82, 2.24) is 20.1 Å². The van der Waals surface area contributed by atoms with Gasteiger partial charge in [-0.05, 0) is 24.2 Å². The number of nitrogen functional groups attached to an aromatic ring is 1. The normalized spacial score (nSPS) is 11.9. The fraction of sp³-hybridized carbons (Fsp3) is 0.348. The molecule has 1 aromatic carbocycles. The Labute approximate surface area is 202 Å². The molecule has 0 saturated carbocycles. The average molecular weight is 508 g/mol. The van der Waals surface area contributed by atoms with Crippen molar-refractivity contribution in [2.24, 2.45) is 0 Å². The maximum atomic E-state index is 12.7. The third-order valence-electron chi connectivity index (χ3n) is 4.93. The van der Waals surface area contributed by atoms with E-state index in [1.54, 1.807) is 23.0 Å². The highest BCUT2D eigenvalue weighted by atomic mass is 28.3. The zero-order chi connectivity index (χ0) is 25.6. The number of para-hydroxylation sites is 1. The van der Waals surface area contributed by atoms with Crippen molar-refractivity contribution in [3.63, 3.8) is 0 Å². The Morgan fingerprint density at radius 2 is 1.89 bits per heavy atom. The summed E-state index contributed by atoms with van der Waals surface area (Å²) in [6, 6.07) is 9.82. The Hall–Kier alpha value is -3.38. The van der Waals surface area contributed by atoms with E-state index in [-0.39, 0.29) is 41.9 Å². The SMILES string of the molecule is C[Si](C)(C)CCOCn1cc(C(=O)NCc2ccc(-c3ccccc3OC(F)(F)F)c(N)n2)cn1. The molecule has 2 aromatic heterocycles. The van der Waals surface area contributed by atoms with Crippen LogP contribution in [0.5, 0.6) is 5.75 Å². The molecule has 3 N–H and O–H groups in total. The molecule has 188 valence electrons. The van der Waals surface area contributed by atoms with Crippen LogP contribution in [-0.2, 0) is 18.0 Å². The number of anilines is 1. The Morgan fingerprint density at radius 1 is 1.14 bits per heavy atom. The van der Waals surface area contributed by atoms with Crippen molar-refractivity contribution in [2.45, 2.75) is 45.3 Å². The van der Waals surface area contributed by atoms with Crippen LogP contribution in [0, 0.1) is 0 Å². The van der Waals surface area contributed by atoms with Crippen molar-refractivity contribution < 1.29 is 27.4 Å². The maximum absolute atomic E-state index is 12.7. The molecule has 0 bridgehead atoms. The summed E-state index contributed by atoms with van der Waals surface area (Å²) in [6.07, 6.45) is -1.80. The van der Waals surface area contributed by atoms with Gasteiger partial charge in [-0.25, -0.2) is 9.67 Å². The molecule has 0 aliphatic carbocycles. The van der Waals surface area contributed by atoms with Crippen LogP contribution in [0.1, 0.15) is 16.1 Å². The predicted molar refractivity (Wildman–Crippen MR) is 128 cm³/mol. The number of carbonyl (C=O) groups excluding carboxylic acids is 1. The van der Waals surface area contributed by atoms with Gasteiger partial charge in [0.2, 0.25) is 0 Å². The number of amides is 1. The molecule has 3 aromatic rings. The first kappa shape index (κ1) is 26.2. The number of halogens is 3. The van der Waals surface area contributed by atoms with Crippen LogP contribution in [0.25, 0.3) is 11.1 Å². The van der Waals surface area contributed by atoms with Gasteiger partial charge >= 0.3 is 6.36 Å². The van der Waals surface area contributed by atoms with Gasteiger partial charge in [-0.2, -0.15) is 5.10 Å². The van der Waals surface area contributed by atoms with Gasteiger partial charge < -0.3 is 20.5 Å². The van der Waals surface area contributed by atoms with Gasteiger partial charge in [0, 0.05) is 32.0 Å². The fourth-order valence-electron chi connectivity index (χ4n) is 3.11. The summed E-state index contributed by atoms with van der Waals surface area (Å²) in [5.74, 6) is -0.721. The van der Waals surface area contributed by atoms with Crippen molar-refractivity contribution in [2.75, 3.05) is 12.3 Å². The zero-order valence-corrected chi connectivity index (χ0v) is 20.7. The molecule has 1 amide bonds. The number of hydrogen-bond acceptors (Lipinski definition) is 6. The van der Waals surface area contributed by atoms with E-state index in [0.717, 1.165) is 6.04 Å². The van der Waals surface area contributed by atoms with E-state index in [4.69, 9.17) is 10.5 Å². The number of nitrogens with one attached hydrogen (secondary N) is 1. The molecular weight excluding hydrogens is 479 g/mol. The molecule has 0 fully saturated rings. The molecule has 0 atom stereocenters. The molecule has 0 aliphatic rings. The summed E-state index contributed by atoms with van der Waals surface area (Å²) in [6.45, 7) is 7.78. The highest BCUT2D eigenvalue weighted by molar-refractivity contribution is 6.76. The molecule has 0 spiro atoms. The summed E-state index contributed by atoms with van der Waals surface area (Å²) in [5.41, 5.74) is 7.25. The number of aromatic nitrogens is 3. The molecular formula is C23H28F3N5O3Si. The van der Waals surface area contributed by atoms with E-state index >= 15 is 0 Å². The molecule has 0 saturated heterocycles. The van der Waals surface area contributed by atoms with Crippen LogP contribution in [0.15, 0.2) is 48.8 Å². The number of benzene rings is 1. The summed E-state index contributed by atoms with van der Waals surface area (Å²) < 4.78 is 49.4. The Morgan fingerprint density at radius 3 is 2.57 bits per heavy atom. The van der Waals surface area contributed by atoms with Gasteiger partial charge in [-0.15, -0.1) is 13.2 Å². The number of nitrogens with zero attached hydrogens (tertiary/aromatic N) is 3. The van der Waals surface area contributed by atoms with Gasteiger partial charge in [0.25, 0.3) is 5.91 Å². The van der Waals surface area contributed by atoms with Crippen LogP contribution in [-0.4, -0.2) is 41.7 Å². The summed E-state index contributed by atoms with van der Waals surface area (Å²) in [7, 11) is -1.18. The molecule has 8 nitrogen and oxygen atoms in total. The Bertz CT molecular complexity index is 1160. The van der Waals surface area contributed by atoms with E-state index in [9.17, 15) is 18.0 Å².